The Kier molecular flexibility index (Phi) is 8.22. The van der Waals surface area contributed by atoms with Crippen molar-refractivity contribution in [3.8, 4) is 61.9 Å². The Hall–Kier alpha value is -5.23. The van der Waals surface area contributed by atoms with Gasteiger partial charge in [-0.15, -0.1) is 0 Å². The van der Waals surface area contributed by atoms with Crippen LogP contribution in [-0.2, 0) is 7.05 Å². The van der Waals surface area contributed by atoms with Crippen LogP contribution in [0.25, 0.3) is 55.4 Å². The van der Waals surface area contributed by atoms with Gasteiger partial charge in [0.25, 0.3) is 0 Å². The smallest absolute Gasteiger partial charge is 0.213 e. The predicted molar refractivity (Wildman–Crippen MR) is 181 cm³/mol. The van der Waals surface area contributed by atoms with E-state index >= 15 is 0 Å². The average molecular weight is 617 g/mol. The van der Waals surface area contributed by atoms with E-state index in [1.807, 2.05) is 12.1 Å². The third kappa shape index (κ3) is 5.45. The molecule has 5 aromatic carbocycles. The number of rotatable bonds is 7. The minimum Gasteiger partial charge on any atom is -0.496 e. The third-order valence-corrected chi connectivity index (χ3v) is 8.92. The lowest BCUT2D eigenvalue weighted by molar-refractivity contribution is -0.665. The molecule has 232 valence electrons. The molecule has 6 rings (SSSR count). The summed E-state index contributed by atoms with van der Waals surface area (Å²) in [4.78, 5) is 0. The fourth-order valence-electron chi connectivity index (χ4n) is 6.25. The first kappa shape index (κ1) is 30.8. The standard InChI is InChI=1S/C40H36F2NO3/c1-23-16-32-21-36(43(4)25(3)38(32)39(45-6)24(23)2)31-20-35(40(46-7)37(22-31)44-5)30-18-28(26-8-12-33(41)13-9-26)17-29(19-30)27-10-14-34(42)15-11-27/h8-22H,1-7H3/q+1. The van der Waals surface area contributed by atoms with E-state index in [9.17, 15) is 8.78 Å². The fraction of sp³-hybridized carbons (Fsp3) is 0.175. The number of nitrogens with zero attached hydrogens (tertiary/aromatic N) is 1. The Bertz CT molecular complexity index is 2040. The second-order valence-corrected chi connectivity index (χ2v) is 11.6. The zero-order valence-electron chi connectivity index (χ0n) is 27.1. The topological polar surface area (TPSA) is 31.6 Å². The van der Waals surface area contributed by atoms with Gasteiger partial charge in [0.15, 0.2) is 17.2 Å². The van der Waals surface area contributed by atoms with Gasteiger partial charge in [0.1, 0.15) is 24.4 Å². The Morgan fingerprint density at radius 2 is 1.09 bits per heavy atom. The summed E-state index contributed by atoms with van der Waals surface area (Å²) >= 11 is 0. The summed E-state index contributed by atoms with van der Waals surface area (Å²) in [5.74, 6) is 1.44. The monoisotopic (exact) mass is 616 g/mol. The van der Waals surface area contributed by atoms with Crippen molar-refractivity contribution in [2.45, 2.75) is 20.8 Å². The van der Waals surface area contributed by atoms with Gasteiger partial charge in [-0.2, -0.15) is 4.57 Å². The molecule has 0 saturated heterocycles. The Morgan fingerprint density at radius 3 is 1.61 bits per heavy atom. The molecule has 4 nitrogen and oxygen atoms in total. The molecule has 0 unspecified atom stereocenters. The molecule has 0 N–H and O–H groups in total. The first-order chi connectivity index (χ1) is 22.1. The van der Waals surface area contributed by atoms with Crippen molar-refractivity contribution in [2.75, 3.05) is 21.3 Å². The second kappa shape index (κ2) is 12.3. The van der Waals surface area contributed by atoms with Gasteiger partial charge in [0, 0.05) is 18.6 Å². The van der Waals surface area contributed by atoms with Crippen LogP contribution >= 0.6 is 0 Å². The van der Waals surface area contributed by atoms with Crippen LogP contribution < -0.4 is 18.8 Å². The van der Waals surface area contributed by atoms with Crippen LogP contribution in [0.5, 0.6) is 17.2 Å². The van der Waals surface area contributed by atoms with Crippen LogP contribution in [0.1, 0.15) is 16.8 Å². The lowest BCUT2D eigenvalue weighted by atomic mass is 9.91. The molecular weight excluding hydrogens is 580 g/mol. The number of fused-ring (bicyclic) bond motifs is 1. The van der Waals surface area contributed by atoms with E-state index in [1.165, 1.54) is 24.3 Å². The van der Waals surface area contributed by atoms with Crippen LogP contribution in [0.2, 0.25) is 0 Å². The van der Waals surface area contributed by atoms with Gasteiger partial charge < -0.3 is 14.2 Å². The summed E-state index contributed by atoms with van der Waals surface area (Å²) in [6.45, 7) is 6.29. The molecule has 0 fully saturated rings. The maximum Gasteiger partial charge on any atom is 0.213 e. The molecule has 0 aliphatic carbocycles. The number of ether oxygens (including phenoxy) is 3. The largest absolute Gasteiger partial charge is 0.496 e. The second-order valence-electron chi connectivity index (χ2n) is 11.6. The van der Waals surface area contributed by atoms with Gasteiger partial charge in [-0.3, -0.25) is 0 Å². The highest BCUT2D eigenvalue weighted by Crippen LogP contribution is 2.44. The van der Waals surface area contributed by atoms with Gasteiger partial charge in [-0.05, 0) is 113 Å². The minimum atomic E-state index is -0.306. The van der Waals surface area contributed by atoms with Gasteiger partial charge in [0.05, 0.1) is 32.3 Å². The molecule has 1 heterocycles. The quantitative estimate of drug-likeness (QED) is 0.167. The first-order valence-corrected chi connectivity index (χ1v) is 15.0. The van der Waals surface area contributed by atoms with E-state index in [2.05, 4.69) is 62.7 Å². The number of benzene rings is 5. The van der Waals surface area contributed by atoms with E-state index in [-0.39, 0.29) is 11.6 Å². The zero-order valence-corrected chi connectivity index (χ0v) is 27.1. The number of aromatic nitrogens is 1. The molecule has 6 aromatic rings. The molecule has 0 saturated carbocycles. The SMILES string of the molecule is COc1cc(-c2cc3cc(C)c(C)c(OC)c3c(C)[n+]2C)cc(-c2cc(-c3ccc(F)cc3)cc(-c3ccc(F)cc3)c2)c1OC. The summed E-state index contributed by atoms with van der Waals surface area (Å²) in [5, 5.41) is 2.16. The Morgan fingerprint density at radius 1 is 0.543 bits per heavy atom. The maximum absolute atomic E-state index is 13.9. The molecule has 0 amide bonds. The van der Waals surface area contributed by atoms with Crippen LogP contribution in [0.3, 0.4) is 0 Å². The van der Waals surface area contributed by atoms with Crippen molar-refractivity contribution in [1.82, 2.24) is 0 Å². The number of methoxy groups -OCH3 is 3. The molecule has 0 radical (unpaired) electrons. The summed E-state index contributed by atoms with van der Waals surface area (Å²) in [5.41, 5.74) is 10.4. The zero-order chi connectivity index (χ0) is 32.7. The minimum absolute atomic E-state index is 0.306. The van der Waals surface area contributed by atoms with Gasteiger partial charge >= 0.3 is 0 Å². The highest BCUT2D eigenvalue weighted by molar-refractivity contribution is 5.94. The van der Waals surface area contributed by atoms with Gasteiger partial charge in [0.2, 0.25) is 5.69 Å². The van der Waals surface area contributed by atoms with E-state index in [1.54, 1.807) is 45.6 Å². The van der Waals surface area contributed by atoms with Crippen molar-refractivity contribution in [3.63, 3.8) is 0 Å². The molecule has 0 bridgehead atoms. The summed E-state index contributed by atoms with van der Waals surface area (Å²) < 4.78 is 47.7. The molecular formula is C40H36F2NO3+. The predicted octanol–water partition coefficient (Wildman–Crippen LogP) is 9.56. The number of aryl methyl sites for hydroxylation is 2. The van der Waals surface area contributed by atoms with Gasteiger partial charge in [-0.1, -0.05) is 30.3 Å². The van der Waals surface area contributed by atoms with Gasteiger partial charge in [-0.25, -0.2) is 8.78 Å². The third-order valence-electron chi connectivity index (χ3n) is 8.92. The molecule has 1 aromatic heterocycles. The van der Waals surface area contributed by atoms with Crippen LogP contribution in [0, 0.1) is 32.4 Å². The maximum atomic E-state index is 13.9. The summed E-state index contributed by atoms with van der Waals surface area (Å²) in [6.07, 6.45) is 0. The van der Waals surface area contributed by atoms with Crippen molar-refractivity contribution in [3.05, 3.63) is 119 Å². The fourth-order valence-corrected chi connectivity index (χ4v) is 6.25. The lowest BCUT2D eigenvalue weighted by Crippen LogP contribution is -2.35. The van der Waals surface area contributed by atoms with Crippen molar-refractivity contribution in [1.29, 1.82) is 0 Å². The first-order valence-electron chi connectivity index (χ1n) is 15.0. The summed E-state index contributed by atoms with van der Waals surface area (Å²) in [6, 6.07) is 27.5. The van der Waals surface area contributed by atoms with Crippen molar-refractivity contribution >= 4 is 10.8 Å². The molecule has 6 heteroatoms. The van der Waals surface area contributed by atoms with E-state index < -0.39 is 0 Å². The Balaban J connectivity index is 1.63. The normalized spacial score (nSPS) is 11.2. The Labute approximate surface area is 268 Å². The number of pyridine rings is 1. The summed E-state index contributed by atoms with van der Waals surface area (Å²) in [7, 11) is 7.03. The number of halogens is 2. The number of hydrogen-bond donors (Lipinski definition) is 0. The molecule has 0 atom stereocenters. The average Bonchev–Trinajstić information content (AvgIpc) is 3.07. The highest BCUT2D eigenvalue weighted by Gasteiger charge is 2.24. The van der Waals surface area contributed by atoms with E-state index in [4.69, 9.17) is 14.2 Å². The van der Waals surface area contributed by atoms with Crippen LogP contribution in [-0.4, -0.2) is 21.3 Å². The highest BCUT2D eigenvalue weighted by atomic mass is 19.1. The molecule has 0 aliphatic heterocycles. The van der Waals surface area contributed by atoms with Crippen molar-refractivity contribution < 1.29 is 27.6 Å². The number of hydrogen-bond acceptors (Lipinski definition) is 3. The molecule has 0 aliphatic rings. The van der Waals surface area contributed by atoms with E-state index in [0.717, 1.165) is 78.0 Å². The molecule has 46 heavy (non-hydrogen) atoms. The molecule has 0 spiro atoms. The lowest BCUT2D eigenvalue weighted by Gasteiger charge is -2.18. The van der Waals surface area contributed by atoms with E-state index in [0.29, 0.717) is 11.5 Å². The van der Waals surface area contributed by atoms with Crippen LogP contribution in [0.4, 0.5) is 8.78 Å². The van der Waals surface area contributed by atoms with Crippen molar-refractivity contribution in [2.24, 2.45) is 7.05 Å². The van der Waals surface area contributed by atoms with Crippen LogP contribution in [0.15, 0.2) is 91.0 Å².